The topological polar surface area (TPSA) is 50.8 Å². The summed E-state index contributed by atoms with van der Waals surface area (Å²) in [6.45, 7) is 2.54. The zero-order valence-electron chi connectivity index (χ0n) is 16.9. The van der Waals surface area contributed by atoms with E-state index in [4.69, 9.17) is 9.47 Å². The number of carbonyl (C=O) groups is 1. The summed E-state index contributed by atoms with van der Waals surface area (Å²) in [6, 6.07) is 10.6. The number of nitrogens with one attached hydrogen (secondary N) is 1. The Labute approximate surface area is 169 Å². The van der Waals surface area contributed by atoms with Crippen LogP contribution in [0.4, 0.5) is 20.2 Å². The first-order valence-corrected chi connectivity index (χ1v) is 9.65. The average Bonchev–Trinajstić information content (AvgIpc) is 2.71. The molecule has 0 saturated carbocycles. The van der Waals surface area contributed by atoms with Crippen molar-refractivity contribution in [3.8, 4) is 5.75 Å². The van der Waals surface area contributed by atoms with Gasteiger partial charge in [0.15, 0.2) is 0 Å². The molecule has 1 heterocycles. The molecule has 7 heteroatoms. The Bertz CT molecular complexity index is 867. The van der Waals surface area contributed by atoms with Gasteiger partial charge in [-0.05, 0) is 69.1 Å². The molecule has 1 N–H and O–H groups in total. The normalized spacial score (nSPS) is 14.7. The molecule has 156 valence electrons. The maximum Gasteiger partial charge on any atom is 0.387 e. The summed E-state index contributed by atoms with van der Waals surface area (Å²) in [7, 11) is 1.34. The second-order valence-corrected chi connectivity index (χ2v) is 7.14. The fourth-order valence-corrected chi connectivity index (χ4v) is 3.87. The van der Waals surface area contributed by atoms with Crippen LogP contribution in [0.3, 0.4) is 0 Å². The lowest BCUT2D eigenvalue weighted by Crippen LogP contribution is -2.41. The van der Waals surface area contributed by atoms with E-state index < -0.39 is 12.6 Å². The number of rotatable bonds is 6. The summed E-state index contributed by atoms with van der Waals surface area (Å²) in [6.07, 6.45) is 1.67. The van der Waals surface area contributed by atoms with E-state index in [0.717, 1.165) is 42.7 Å². The van der Waals surface area contributed by atoms with Gasteiger partial charge >= 0.3 is 12.6 Å². The molecule has 5 nitrogen and oxygen atoms in total. The number of methoxy groups -OCH3 is 1. The Morgan fingerprint density at radius 1 is 1.10 bits per heavy atom. The summed E-state index contributed by atoms with van der Waals surface area (Å²) >= 11 is 0. The molecule has 1 saturated heterocycles. The highest BCUT2D eigenvalue weighted by molar-refractivity contribution is 5.93. The largest absolute Gasteiger partial charge is 0.465 e. The third-order valence-electron chi connectivity index (χ3n) is 5.22. The number of halogens is 2. The molecule has 29 heavy (non-hydrogen) atoms. The van der Waals surface area contributed by atoms with E-state index in [2.05, 4.69) is 5.32 Å². The number of para-hydroxylation sites is 2. The summed E-state index contributed by atoms with van der Waals surface area (Å²) in [5.41, 5.74) is 3.55. The fourth-order valence-electron chi connectivity index (χ4n) is 3.87. The van der Waals surface area contributed by atoms with E-state index >= 15 is 0 Å². The molecule has 1 aliphatic rings. The van der Waals surface area contributed by atoms with Crippen molar-refractivity contribution >= 4 is 17.3 Å². The van der Waals surface area contributed by atoms with Gasteiger partial charge in [-0.2, -0.15) is 8.78 Å². The number of benzene rings is 2. The maximum absolute atomic E-state index is 13.0. The minimum absolute atomic E-state index is 0.0746. The predicted octanol–water partition coefficient (Wildman–Crippen LogP) is 4.58. The first kappa shape index (κ1) is 21.0. The number of ether oxygens (including phenoxy) is 2. The Hall–Kier alpha value is -2.67. The van der Waals surface area contributed by atoms with Gasteiger partial charge in [-0.1, -0.05) is 18.2 Å². The maximum atomic E-state index is 13.0. The van der Waals surface area contributed by atoms with E-state index in [9.17, 15) is 13.6 Å². The molecular formula is C22H26F2N2O3. The Kier molecular flexibility index (Phi) is 6.69. The van der Waals surface area contributed by atoms with Crippen LogP contribution in [0.5, 0.6) is 5.75 Å². The van der Waals surface area contributed by atoms with Gasteiger partial charge in [0.1, 0.15) is 5.75 Å². The van der Waals surface area contributed by atoms with Gasteiger partial charge < -0.3 is 19.7 Å². The molecule has 0 atom stereocenters. The number of hydrogen-bond donors (Lipinski definition) is 1. The monoisotopic (exact) mass is 404 g/mol. The molecule has 0 radical (unpaired) electrons. The lowest BCUT2D eigenvalue weighted by molar-refractivity contribution is -0.0495. The number of piperidine rings is 1. The fraction of sp³-hybridized carbons (Fsp3) is 0.409. The van der Waals surface area contributed by atoms with Crippen molar-refractivity contribution in [3.05, 3.63) is 53.1 Å². The van der Waals surface area contributed by atoms with Crippen molar-refractivity contribution in [1.29, 1.82) is 0 Å². The molecule has 0 bridgehead atoms. The standard InChI is InChI=1S/C22H26F2N2O3/c1-14-12-15(2)19(13-17(14)21(27)28-3)26(16-8-10-25-11-9-16)18-6-4-5-7-20(18)29-22(23)24/h4-7,12-13,16,22,25H,8-11H2,1-3H3. The number of aryl methyl sites for hydroxylation is 2. The number of alkyl halides is 2. The van der Waals surface area contributed by atoms with E-state index in [0.29, 0.717) is 11.3 Å². The van der Waals surface area contributed by atoms with Crippen LogP contribution in [0.25, 0.3) is 0 Å². The molecule has 2 aromatic carbocycles. The summed E-state index contributed by atoms with van der Waals surface area (Å²) in [5.74, 6) is -0.313. The van der Waals surface area contributed by atoms with Crippen molar-refractivity contribution in [2.75, 3.05) is 25.1 Å². The van der Waals surface area contributed by atoms with Crippen LogP contribution in [0.15, 0.2) is 36.4 Å². The average molecular weight is 404 g/mol. The zero-order valence-corrected chi connectivity index (χ0v) is 16.9. The van der Waals surface area contributed by atoms with E-state index in [-0.39, 0.29) is 11.8 Å². The Morgan fingerprint density at radius 3 is 2.45 bits per heavy atom. The van der Waals surface area contributed by atoms with Gasteiger partial charge in [0.25, 0.3) is 0 Å². The van der Waals surface area contributed by atoms with Crippen LogP contribution < -0.4 is 15.0 Å². The van der Waals surface area contributed by atoms with Gasteiger partial charge in [0, 0.05) is 11.7 Å². The number of esters is 1. The third kappa shape index (κ3) is 4.67. The summed E-state index contributed by atoms with van der Waals surface area (Å²) in [5, 5.41) is 3.33. The molecule has 1 aliphatic heterocycles. The zero-order chi connectivity index (χ0) is 21.0. The molecule has 0 amide bonds. The highest BCUT2D eigenvalue weighted by Gasteiger charge is 2.28. The molecule has 0 spiro atoms. The third-order valence-corrected chi connectivity index (χ3v) is 5.22. The molecule has 3 rings (SSSR count). The van der Waals surface area contributed by atoms with Gasteiger partial charge in [0.05, 0.1) is 18.4 Å². The van der Waals surface area contributed by atoms with E-state index in [1.54, 1.807) is 30.3 Å². The SMILES string of the molecule is COC(=O)c1cc(N(c2ccccc2OC(F)F)C2CCNCC2)c(C)cc1C. The van der Waals surface area contributed by atoms with Crippen LogP contribution in [0, 0.1) is 13.8 Å². The van der Waals surface area contributed by atoms with Crippen molar-refractivity contribution in [3.63, 3.8) is 0 Å². The second kappa shape index (κ2) is 9.22. The minimum Gasteiger partial charge on any atom is -0.465 e. The van der Waals surface area contributed by atoms with Gasteiger partial charge in [-0.25, -0.2) is 4.79 Å². The van der Waals surface area contributed by atoms with Crippen LogP contribution in [-0.4, -0.2) is 38.8 Å². The Morgan fingerprint density at radius 2 is 1.79 bits per heavy atom. The summed E-state index contributed by atoms with van der Waals surface area (Å²) < 4.78 is 35.8. The number of hydrogen-bond acceptors (Lipinski definition) is 5. The van der Waals surface area contributed by atoms with E-state index in [1.165, 1.54) is 7.11 Å². The first-order chi connectivity index (χ1) is 13.9. The lowest BCUT2D eigenvalue weighted by atomic mass is 9.98. The van der Waals surface area contributed by atoms with Crippen LogP contribution in [0.2, 0.25) is 0 Å². The van der Waals surface area contributed by atoms with Crippen molar-refractivity contribution in [2.45, 2.75) is 39.3 Å². The van der Waals surface area contributed by atoms with Crippen LogP contribution in [0.1, 0.15) is 34.3 Å². The van der Waals surface area contributed by atoms with Gasteiger partial charge in [0.2, 0.25) is 0 Å². The minimum atomic E-state index is -2.92. The highest BCUT2D eigenvalue weighted by atomic mass is 19.3. The van der Waals surface area contributed by atoms with Crippen LogP contribution >= 0.6 is 0 Å². The quantitative estimate of drug-likeness (QED) is 0.714. The second-order valence-electron chi connectivity index (χ2n) is 7.14. The van der Waals surface area contributed by atoms with Crippen molar-refractivity contribution < 1.29 is 23.0 Å². The highest BCUT2D eigenvalue weighted by Crippen LogP contribution is 2.40. The Balaban J connectivity index is 2.17. The van der Waals surface area contributed by atoms with Gasteiger partial charge in [-0.3, -0.25) is 0 Å². The molecule has 0 aromatic heterocycles. The van der Waals surface area contributed by atoms with Crippen LogP contribution in [-0.2, 0) is 4.74 Å². The molecule has 0 unspecified atom stereocenters. The molecule has 1 fully saturated rings. The number of nitrogens with zero attached hydrogens (tertiary/aromatic N) is 1. The smallest absolute Gasteiger partial charge is 0.387 e. The lowest BCUT2D eigenvalue weighted by Gasteiger charge is -2.38. The molecule has 0 aliphatic carbocycles. The first-order valence-electron chi connectivity index (χ1n) is 9.65. The van der Waals surface area contributed by atoms with E-state index in [1.807, 2.05) is 24.8 Å². The van der Waals surface area contributed by atoms with Crippen molar-refractivity contribution in [1.82, 2.24) is 5.32 Å². The molecule has 2 aromatic rings. The number of anilines is 2. The molecular weight excluding hydrogens is 378 g/mol. The van der Waals surface area contributed by atoms with Gasteiger partial charge in [-0.15, -0.1) is 0 Å². The predicted molar refractivity (Wildman–Crippen MR) is 108 cm³/mol. The van der Waals surface area contributed by atoms with Crippen molar-refractivity contribution in [2.24, 2.45) is 0 Å². The summed E-state index contributed by atoms with van der Waals surface area (Å²) in [4.78, 5) is 14.3. The number of carbonyl (C=O) groups excluding carboxylic acids is 1.